The van der Waals surface area contributed by atoms with E-state index in [9.17, 15) is 0 Å². The summed E-state index contributed by atoms with van der Waals surface area (Å²) in [5.41, 5.74) is 2.22. The van der Waals surface area contributed by atoms with Crippen LogP contribution in [-0.2, 0) is 4.74 Å². The van der Waals surface area contributed by atoms with Gasteiger partial charge in [-0.15, -0.1) is 0 Å². The highest BCUT2D eigenvalue weighted by Crippen LogP contribution is 2.19. The molecule has 5 atom stereocenters. The summed E-state index contributed by atoms with van der Waals surface area (Å²) >= 11 is 0. The summed E-state index contributed by atoms with van der Waals surface area (Å²) < 4.78 is 4.58. The van der Waals surface area contributed by atoms with Crippen molar-refractivity contribution < 1.29 is 30.3 Å². The molecule has 1 aromatic rings. The van der Waals surface area contributed by atoms with Crippen LogP contribution in [0.2, 0.25) is 0 Å². The molecule has 2 heterocycles. The molecule has 0 aromatic heterocycles. The highest BCUT2D eigenvalue weighted by atomic mass is 16.6. The molecule has 0 bridgehead atoms. The molecule has 0 spiro atoms. The zero-order chi connectivity index (χ0) is 16.8. The maximum absolute atomic E-state index is 9.12. The molecule has 0 saturated carbocycles. The first kappa shape index (κ1) is 17.5. The Hall–Kier alpha value is -1.81. The van der Waals surface area contributed by atoms with E-state index in [2.05, 4.69) is 15.0 Å². The molecule has 126 valence electrons. The topological polar surface area (TPSA) is 135 Å². The average Bonchev–Trinajstić information content (AvgIpc) is 2.82. The fourth-order valence-electron chi connectivity index (χ4n) is 2.12. The van der Waals surface area contributed by atoms with Crippen molar-refractivity contribution in [2.45, 2.75) is 30.7 Å². The molecular weight excluding hydrogens is 304 g/mol. The van der Waals surface area contributed by atoms with Crippen LogP contribution < -0.4 is 5.32 Å². The summed E-state index contributed by atoms with van der Waals surface area (Å²) in [6.45, 7) is -0.526. The Balaban J connectivity index is 0.000000167. The van der Waals surface area contributed by atoms with Crippen LogP contribution in [0.5, 0.6) is 0 Å². The Labute approximate surface area is 133 Å². The first-order valence-electron chi connectivity index (χ1n) is 7.07. The van der Waals surface area contributed by atoms with Gasteiger partial charge in [-0.05, 0) is 6.07 Å². The number of benzene rings is 1. The minimum absolute atomic E-state index is 0.526. The van der Waals surface area contributed by atoms with Gasteiger partial charge in [-0.2, -0.15) is 0 Å². The molecule has 2 aliphatic rings. The predicted octanol–water partition coefficient (Wildman–Crippen LogP) is -1.22. The minimum Gasteiger partial charge on any atom is -0.394 e. The quantitative estimate of drug-likeness (QED) is 0.381. The second-order valence-corrected chi connectivity index (χ2v) is 5.04. The molecular formula is C15H20N2O6. The maximum Gasteiger partial charge on any atom is 0.184 e. The smallest absolute Gasteiger partial charge is 0.184 e. The standard InChI is InChI=1S/C9H8N2.C6H12O6/c1-2-4-9-8(3-1)7-10-5-6-11-9;7-1-2-3(8)4(9)5(10)6(11)12-2/h1-7,11H;2-11H,1H2/t;2-,3-,4+,5-,6?/m.1/s1. The van der Waals surface area contributed by atoms with Crippen LogP contribution in [0.25, 0.3) is 0 Å². The van der Waals surface area contributed by atoms with Gasteiger partial charge in [-0.25, -0.2) is 0 Å². The number of para-hydroxylation sites is 1. The van der Waals surface area contributed by atoms with Crippen LogP contribution in [0.3, 0.4) is 0 Å². The summed E-state index contributed by atoms with van der Waals surface area (Å²) in [5.74, 6) is 0. The molecule has 1 fully saturated rings. The first-order valence-corrected chi connectivity index (χ1v) is 7.07. The third kappa shape index (κ3) is 4.35. The Morgan fingerprint density at radius 2 is 1.78 bits per heavy atom. The summed E-state index contributed by atoms with van der Waals surface area (Å²) in [6, 6.07) is 8.05. The van der Waals surface area contributed by atoms with Gasteiger partial charge in [0, 0.05) is 29.9 Å². The van der Waals surface area contributed by atoms with E-state index in [1.165, 1.54) is 0 Å². The van der Waals surface area contributed by atoms with E-state index in [4.69, 9.17) is 25.5 Å². The van der Waals surface area contributed by atoms with Crippen molar-refractivity contribution in [3.05, 3.63) is 42.2 Å². The lowest BCUT2D eigenvalue weighted by molar-refractivity contribution is -0.286. The fourth-order valence-corrected chi connectivity index (χ4v) is 2.12. The number of ether oxygens (including phenoxy) is 1. The number of aliphatic imine (C=N–C) groups is 1. The number of nitrogens with one attached hydrogen (secondary N) is 1. The van der Waals surface area contributed by atoms with Crippen LogP contribution in [0.1, 0.15) is 5.56 Å². The van der Waals surface area contributed by atoms with Gasteiger partial charge in [0.15, 0.2) is 6.29 Å². The Bertz CT molecular complexity index is 560. The number of anilines is 1. The maximum atomic E-state index is 9.12. The second kappa shape index (κ2) is 8.16. The Morgan fingerprint density at radius 1 is 1.04 bits per heavy atom. The van der Waals surface area contributed by atoms with E-state index in [1.807, 2.05) is 36.7 Å². The lowest BCUT2D eigenvalue weighted by Crippen LogP contribution is -2.58. The van der Waals surface area contributed by atoms with Gasteiger partial charge >= 0.3 is 0 Å². The van der Waals surface area contributed by atoms with Crippen LogP contribution in [0.4, 0.5) is 5.69 Å². The SMILES string of the molecule is C1=CNc2ccccc2C=N1.OC[C@H]1OC(O)[C@H](O)[C@@H](O)[C@@H]1O. The number of hydrogen-bond donors (Lipinski definition) is 6. The molecule has 8 nitrogen and oxygen atoms in total. The number of fused-ring (bicyclic) bond motifs is 1. The van der Waals surface area contributed by atoms with Gasteiger partial charge in [0.1, 0.15) is 24.4 Å². The van der Waals surface area contributed by atoms with Crippen molar-refractivity contribution in [3.63, 3.8) is 0 Å². The number of aliphatic hydroxyl groups is 5. The molecule has 0 radical (unpaired) electrons. The summed E-state index contributed by atoms with van der Waals surface area (Å²) in [5, 5.41) is 47.8. The van der Waals surface area contributed by atoms with E-state index in [-0.39, 0.29) is 0 Å². The number of aliphatic hydroxyl groups excluding tert-OH is 5. The molecule has 23 heavy (non-hydrogen) atoms. The average molecular weight is 324 g/mol. The molecule has 2 aliphatic heterocycles. The summed E-state index contributed by atoms with van der Waals surface area (Å²) in [6.07, 6.45) is -1.64. The van der Waals surface area contributed by atoms with Crippen LogP contribution in [-0.4, -0.2) is 69.1 Å². The van der Waals surface area contributed by atoms with Crippen molar-refractivity contribution in [2.24, 2.45) is 4.99 Å². The van der Waals surface area contributed by atoms with E-state index in [1.54, 1.807) is 6.20 Å². The lowest BCUT2D eigenvalue weighted by atomic mass is 10.00. The van der Waals surface area contributed by atoms with Crippen molar-refractivity contribution in [2.75, 3.05) is 11.9 Å². The summed E-state index contributed by atoms with van der Waals surface area (Å²) in [4.78, 5) is 4.04. The molecule has 8 heteroatoms. The van der Waals surface area contributed by atoms with Gasteiger partial charge < -0.3 is 35.6 Å². The molecule has 1 unspecified atom stereocenters. The van der Waals surface area contributed by atoms with Crippen LogP contribution in [0.15, 0.2) is 41.7 Å². The monoisotopic (exact) mass is 324 g/mol. The van der Waals surface area contributed by atoms with Crippen LogP contribution >= 0.6 is 0 Å². The Morgan fingerprint density at radius 3 is 2.52 bits per heavy atom. The van der Waals surface area contributed by atoms with Crippen molar-refractivity contribution >= 4 is 11.9 Å². The summed E-state index contributed by atoms with van der Waals surface area (Å²) in [7, 11) is 0. The molecule has 0 aliphatic carbocycles. The normalized spacial score (nSPS) is 32.1. The van der Waals surface area contributed by atoms with E-state index in [0.29, 0.717) is 0 Å². The van der Waals surface area contributed by atoms with Gasteiger partial charge in [-0.1, -0.05) is 18.2 Å². The second-order valence-electron chi connectivity index (χ2n) is 5.04. The van der Waals surface area contributed by atoms with Crippen LogP contribution in [0, 0.1) is 0 Å². The van der Waals surface area contributed by atoms with Crippen molar-refractivity contribution in [1.29, 1.82) is 0 Å². The molecule has 3 rings (SSSR count). The highest BCUT2D eigenvalue weighted by Gasteiger charge is 2.42. The first-order chi connectivity index (χ1) is 11.0. The third-order valence-corrected chi connectivity index (χ3v) is 3.44. The number of rotatable bonds is 1. The zero-order valence-corrected chi connectivity index (χ0v) is 12.2. The Kier molecular flexibility index (Phi) is 6.22. The van der Waals surface area contributed by atoms with Crippen molar-refractivity contribution in [3.8, 4) is 0 Å². The largest absolute Gasteiger partial charge is 0.394 e. The molecule has 1 saturated heterocycles. The lowest BCUT2D eigenvalue weighted by Gasteiger charge is -2.37. The van der Waals surface area contributed by atoms with Gasteiger partial charge in [0.05, 0.1) is 6.61 Å². The van der Waals surface area contributed by atoms with Gasteiger partial charge in [0.2, 0.25) is 0 Å². The predicted molar refractivity (Wildman–Crippen MR) is 82.8 cm³/mol. The van der Waals surface area contributed by atoms with E-state index >= 15 is 0 Å². The van der Waals surface area contributed by atoms with Gasteiger partial charge in [-0.3, -0.25) is 4.99 Å². The van der Waals surface area contributed by atoms with Crippen molar-refractivity contribution in [1.82, 2.24) is 0 Å². The molecule has 6 N–H and O–H groups in total. The zero-order valence-electron chi connectivity index (χ0n) is 12.2. The van der Waals surface area contributed by atoms with Gasteiger partial charge in [0.25, 0.3) is 0 Å². The number of nitrogens with zero attached hydrogens (tertiary/aromatic N) is 1. The minimum atomic E-state index is -1.57. The van der Waals surface area contributed by atoms with E-state index < -0.39 is 37.3 Å². The van der Waals surface area contributed by atoms with E-state index in [0.717, 1.165) is 11.3 Å². The molecule has 0 amide bonds. The third-order valence-electron chi connectivity index (χ3n) is 3.44. The highest BCUT2D eigenvalue weighted by molar-refractivity contribution is 5.88. The molecule has 1 aromatic carbocycles. The number of hydrogen-bond acceptors (Lipinski definition) is 8. The fraction of sp³-hybridized carbons (Fsp3) is 0.400.